The Hall–Kier alpha value is -2.56. The summed E-state index contributed by atoms with van der Waals surface area (Å²) in [4.78, 5) is 0.127. The van der Waals surface area contributed by atoms with Crippen LogP contribution >= 0.6 is 0 Å². The van der Waals surface area contributed by atoms with Crippen molar-refractivity contribution in [2.24, 2.45) is 0 Å². The Balaban J connectivity index is 1.86. The summed E-state index contributed by atoms with van der Waals surface area (Å²) in [6.45, 7) is 2.11. The molecule has 2 aromatic rings. The average molecular weight is 361 g/mol. The van der Waals surface area contributed by atoms with Crippen molar-refractivity contribution >= 4 is 10.1 Å². The second-order valence-corrected chi connectivity index (χ2v) is 6.88. The van der Waals surface area contributed by atoms with Gasteiger partial charge in [0.05, 0.1) is 36.9 Å². The van der Waals surface area contributed by atoms with Crippen LogP contribution in [0.15, 0.2) is 47.4 Å². The Morgan fingerprint density at radius 2 is 1.76 bits per heavy atom. The lowest BCUT2D eigenvalue weighted by Gasteiger charge is -2.11. The first-order valence-electron chi connectivity index (χ1n) is 7.63. The van der Waals surface area contributed by atoms with Gasteiger partial charge in [0.25, 0.3) is 10.1 Å². The van der Waals surface area contributed by atoms with E-state index in [-0.39, 0.29) is 18.1 Å². The van der Waals surface area contributed by atoms with Crippen LogP contribution in [0.3, 0.4) is 0 Å². The van der Waals surface area contributed by atoms with Gasteiger partial charge in [-0.2, -0.15) is 13.7 Å². The second-order valence-electron chi connectivity index (χ2n) is 5.27. The molecule has 7 heteroatoms. The summed E-state index contributed by atoms with van der Waals surface area (Å²) in [6.07, 6.45) is 0.366. The molecule has 0 aromatic heterocycles. The van der Waals surface area contributed by atoms with Crippen LogP contribution in [0.25, 0.3) is 0 Å². The summed E-state index contributed by atoms with van der Waals surface area (Å²) in [6, 6.07) is 13.3. The number of aryl methyl sites for hydroxylation is 1. The van der Waals surface area contributed by atoms with E-state index in [1.807, 2.05) is 13.0 Å². The molecule has 0 saturated heterocycles. The summed E-state index contributed by atoms with van der Waals surface area (Å²) in [5.74, 6) is 0.940. The molecule has 0 N–H and O–H groups in total. The summed E-state index contributed by atoms with van der Waals surface area (Å²) in [5.41, 5.74) is 1.43. The Morgan fingerprint density at radius 3 is 2.40 bits per heavy atom. The Bertz CT molecular complexity index is 854. The normalized spacial score (nSPS) is 10.9. The lowest BCUT2D eigenvalue weighted by Crippen LogP contribution is -2.10. The molecule has 2 rings (SSSR count). The minimum atomic E-state index is -3.77. The van der Waals surface area contributed by atoms with Crippen molar-refractivity contribution in [3.8, 4) is 17.6 Å². The molecule has 0 aliphatic heterocycles. The molecule has 2 aromatic carbocycles. The highest BCUT2D eigenvalue weighted by Crippen LogP contribution is 2.27. The van der Waals surface area contributed by atoms with Crippen LogP contribution in [0.2, 0.25) is 0 Å². The molecule has 0 saturated carbocycles. The highest BCUT2D eigenvalue weighted by molar-refractivity contribution is 7.86. The van der Waals surface area contributed by atoms with Crippen molar-refractivity contribution in [1.82, 2.24) is 0 Å². The van der Waals surface area contributed by atoms with Crippen LogP contribution in [0.4, 0.5) is 0 Å². The maximum Gasteiger partial charge on any atom is 0.296 e. The molecule has 0 heterocycles. The molecular weight excluding hydrogens is 342 g/mol. The van der Waals surface area contributed by atoms with Crippen molar-refractivity contribution < 1.29 is 22.1 Å². The minimum Gasteiger partial charge on any atom is -0.493 e. The molecule has 0 fully saturated rings. The van der Waals surface area contributed by atoms with Crippen molar-refractivity contribution in [2.75, 3.05) is 20.3 Å². The number of hydrogen-bond donors (Lipinski definition) is 0. The maximum atomic E-state index is 12.0. The molecule has 132 valence electrons. The molecular formula is C18H19NO5S. The fourth-order valence-corrected chi connectivity index (χ4v) is 2.98. The highest BCUT2D eigenvalue weighted by atomic mass is 32.2. The molecule has 0 unspecified atom stereocenters. The summed E-state index contributed by atoms with van der Waals surface area (Å²) >= 11 is 0. The average Bonchev–Trinajstić information content (AvgIpc) is 2.61. The van der Waals surface area contributed by atoms with Gasteiger partial charge in [0.15, 0.2) is 11.5 Å². The van der Waals surface area contributed by atoms with Gasteiger partial charge in [-0.3, -0.25) is 4.18 Å². The largest absolute Gasteiger partial charge is 0.493 e. The van der Waals surface area contributed by atoms with Gasteiger partial charge in [0, 0.05) is 12.5 Å². The molecule has 0 spiro atoms. The standard InChI is InChI=1S/C18H19NO5S/c1-14-4-7-16(8-5-14)25(20,21)24-11-3-10-23-18-12-15(13-19)6-9-17(18)22-2/h4-9,12H,3,10-11H2,1-2H3. The number of rotatable bonds is 8. The second kappa shape index (κ2) is 8.51. The summed E-state index contributed by atoms with van der Waals surface area (Å²) in [5, 5.41) is 8.92. The Labute approximate surface area is 147 Å². The molecule has 0 bridgehead atoms. The van der Waals surface area contributed by atoms with Gasteiger partial charge >= 0.3 is 0 Å². The zero-order chi connectivity index (χ0) is 18.3. The zero-order valence-corrected chi connectivity index (χ0v) is 14.9. The van der Waals surface area contributed by atoms with Gasteiger partial charge < -0.3 is 9.47 Å². The van der Waals surface area contributed by atoms with E-state index in [0.717, 1.165) is 5.56 Å². The third kappa shape index (κ3) is 5.21. The lowest BCUT2D eigenvalue weighted by atomic mass is 10.2. The van der Waals surface area contributed by atoms with Crippen LogP contribution in [0.5, 0.6) is 11.5 Å². The molecule has 0 aliphatic rings. The van der Waals surface area contributed by atoms with Crippen LogP contribution in [0, 0.1) is 18.3 Å². The van der Waals surface area contributed by atoms with E-state index in [4.69, 9.17) is 18.9 Å². The lowest BCUT2D eigenvalue weighted by molar-refractivity contribution is 0.243. The predicted molar refractivity (Wildman–Crippen MR) is 92.1 cm³/mol. The van der Waals surface area contributed by atoms with E-state index in [0.29, 0.717) is 23.5 Å². The first kappa shape index (κ1) is 18.8. The summed E-state index contributed by atoms with van der Waals surface area (Å²) in [7, 11) is -2.26. The SMILES string of the molecule is COc1ccc(C#N)cc1OCCCOS(=O)(=O)c1ccc(C)cc1. The van der Waals surface area contributed by atoms with E-state index in [9.17, 15) is 8.42 Å². The van der Waals surface area contributed by atoms with E-state index >= 15 is 0 Å². The zero-order valence-electron chi connectivity index (χ0n) is 14.1. The first-order chi connectivity index (χ1) is 12.0. The van der Waals surface area contributed by atoms with Crippen LogP contribution in [-0.4, -0.2) is 28.7 Å². The molecule has 0 aliphatic carbocycles. The monoisotopic (exact) mass is 361 g/mol. The van der Waals surface area contributed by atoms with Gasteiger partial charge in [-0.15, -0.1) is 0 Å². The third-order valence-corrected chi connectivity index (χ3v) is 4.71. The van der Waals surface area contributed by atoms with Gasteiger partial charge in [-0.25, -0.2) is 0 Å². The maximum absolute atomic E-state index is 12.0. The molecule has 0 radical (unpaired) electrons. The number of hydrogen-bond acceptors (Lipinski definition) is 6. The number of benzene rings is 2. The van der Waals surface area contributed by atoms with E-state index in [1.54, 1.807) is 30.3 Å². The van der Waals surface area contributed by atoms with Crippen molar-refractivity contribution in [3.63, 3.8) is 0 Å². The van der Waals surface area contributed by atoms with Gasteiger partial charge in [-0.05, 0) is 31.2 Å². The van der Waals surface area contributed by atoms with E-state index in [2.05, 4.69) is 0 Å². The quantitative estimate of drug-likeness (QED) is 0.531. The van der Waals surface area contributed by atoms with E-state index in [1.165, 1.54) is 19.2 Å². The topological polar surface area (TPSA) is 85.6 Å². The minimum absolute atomic E-state index is 0.00351. The fraction of sp³-hybridized carbons (Fsp3) is 0.278. The van der Waals surface area contributed by atoms with Crippen LogP contribution in [-0.2, 0) is 14.3 Å². The van der Waals surface area contributed by atoms with Crippen LogP contribution in [0.1, 0.15) is 17.5 Å². The third-order valence-electron chi connectivity index (χ3n) is 3.39. The van der Waals surface area contributed by atoms with Gasteiger partial charge in [0.1, 0.15) is 0 Å². The number of methoxy groups -OCH3 is 1. The van der Waals surface area contributed by atoms with Gasteiger partial charge in [0.2, 0.25) is 0 Å². The Morgan fingerprint density at radius 1 is 1.04 bits per heavy atom. The molecule has 25 heavy (non-hydrogen) atoms. The molecule has 0 atom stereocenters. The molecule has 6 nitrogen and oxygen atoms in total. The van der Waals surface area contributed by atoms with E-state index < -0.39 is 10.1 Å². The smallest absolute Gasteiger partial charge is 0.296 e. The summed E-state index contributed by atoms with van der Waals surface area (Å²) < 4.78 is 39.8. The first-order valence-corrected chi connectivity index (χ1v) is 9.04. The highest BCUT2D eigenvalue weighted by Gasteiger charge is 2.14. The van der Waals surface area contributed by atoms with Crippen molar-refractivity contribution in [1.29, 1.82) is 5.26 Å². The predicted octanol–water partition coefficient (Wildman–Crippen LogP) is 3.05. The number of nitrogens with zero attached hydrogens (tertiary/aromatic N) is 1. The fourth-order valence-electron chi connectivity index (χ4n) is 2.04. The van der Waals surface area contributed by atoms with Gasteiger partial charge in [-0.1, -0.05) is 17.7 Å². The Kier molecular flexibility index (Phi) is 6.39. The molecule has 0 amide bonds. The van der Waals surface area contributed by atoms with Crippen molar-refractivity contribution in [2.45, 2.75) is 18.2 Å². The van der Waals surface area contributed by atoms with Crippen LogP contribution < -0.4 is 9.47 Å². The van der Waals surface area contributed by atoms with Crippen molar-refractivity contribution in [3.05, 3.63) is 53.6 Å². The number of ether oxygens (including phenoxy) is 2. The number of nitriles is 1.